The van der Waals surface area contributed by atoms with Crippen LogP contribution in [0.25, 0.3) is 33.3 Å². The SMILES string of the molecule is Cc1cc(C)c2c(c1)c(-c1ccccc1)c(-c1ccccc1)n2C[C@@H](O)CNC[C@H]1CCCO1. The van der Waals surface area contributed by atoms with Gasteiger partial charge in [0.15, 0.2) is 0 Å². The maximum Gasteiger partial charge on any atom is 0.0843 e. The largest absolute Gasteiger partial charge is 0.390 e. The van der Waals surface area contributed by atoms with Crippen LogP contribution >= 0.6 is 0 Å². The summed E-state index contributed by atoms with van der Waals surface area (Å²) in [6.07, 6.45) is 1.99. The molecule has 176 valence electrons. The molecule has 0 bridgehead atoms. The molecule has 1 fully saturated rings. The van der Waals surface area contributed by atoms with Crippen LogP contribution in [0, 0.1) is 13.8 Å². The number of nitrogens with one attached hydrogen (secondary N) is 1. The summed E-state index contributed by atoms with van der Waals surface area (Å²) in [4.78, 5) is 0. The van der Waals surface area contributed by atoms with Gasteiger partial charge in [0.1, 0.15) is 0 Å². The Kier molecular flexibility index (Phi) is 6.82. The van der Waals surface area contributed by atoms with Gasteiger partial charge in [0.25, 0.3) is 0 Å². The van der Waals surface area contributed by atoms with Gasteiger partial charge in [-0.05, 0) is 49.4 Å². The first-order valence-corrected chi connectivity index (χ1v) is 12.4. The first kappa shape index (κ1) is 22.9. The van der Waals surface area contributed by atoms with Gasteiger partial charge in [0.05, 0.1) is 30.0 Å². The minimum atomic E-state index is -0.510. The third-order valence-corrected chi connectivity index (χ3v) is 6.77. The van der Waals surface area contributed by atoms with Gasteiger partial charge in [-0.25, -0.2) is 0 Å². The maximum absolute atomic E-state index is 11.1. The van der Waals surface area contributed by atoms with Gasteiger partial charge in [0, 0.05) is 30.6 Å². The van der Waals surface area contributed by atoms with Crippen molar-refractivity contribution in [2.45, 2.75) is 45.4 Å². The summed E-state index contributed by atoms with van der Waals surface area (Å²) in [6, 6.07) is 25.7. The van der Waals surface area contributed by atoms with E-state index in [1.165, 1.54) is 33.2 Å². The van der Waals surface area contributed by atoms with E-state index in [0.29, 0.717) is 13.1 Å². The normalized spacial score (nSPS) is 16.9. The Morgan fingerprint density at radius 1 is 1.00 bits per heavy atom. The predicted octanol–water partition coefficient (Wildman–Crippen LogP) is 5.72. The van der Waals surface area contributed by atoms with Gasteiger partial charge < -0.3 is 19.7 Å². The molecule has 0 saturated carbocycles. The molecule has 4 heteroatoms. The van der Waals surface area contributed by atoms with Crippen LogP contribution < -0.4 is 5.32 Å². The van der Waals surface area contributed by atoms with Crippen molar-refractivity contribution >= 4 is 10.9 Å². The molecule has 1 aliphatic rings. The van der Waals surface area contributed by atoms with E-state index in [4.69, 9.17) is 4.74 Å². The Balaban J connectivity index is 1.59. The first-order chi connectivity index (χ1) is 16.6. The minimum absolute atomic E-state index is 0.273. The molecule has 2 heterocycles. The predicted molar refractivity (Wildman–Crippen MR) is 140 cm³/mol. The molecule has 1 saturated heterocycles. The standard InChI is InChI=1S/C30H34N2O2/c1-21-16-22(2)29-27(17-21)28(23-10-5-3-6-11-23)30(24-12-7-4-8-13-24)32(29)20-25(33)18-31-19-26-14-9-15-34-26/h3-8,10-13,16-17,25-26,31,33H,9,14-15,18-20H2,1-2H3/t25-,26+/m0/s1. The van der Waals surface area contributed by atoms with E-state index in [-0.39, 0.29) is 6.10 Å². The zero-order chi connectivity index (χ0) is 23.5. The summed E-state index contributed by atoms with van der Waals surface area (Å²) in [5.74, 6) is 0. The van der Waals surface area contributed by atoms with Crippen molar-refractivity contribution < 1.29 is 9.84 Å². The fourth-order valence-electron chi connectivity index (χ4n) is 5.35. The van der Waals surface area contributed by atoms with Crippen molar-refractivity contribution in [3.8, 4) is 22.4 Å². The molecular weight excluding hydrogens is 420 g/mol. The summed E-state index contributed by atoms with van der Waals surface area (Å²) >= 11 is 0. The molecule has 0 spiro atoms. The Morgan fingerprint density at radius 2 is 1.71 bits per heavy atom. The molecule has 2 N–H and O–H groups in total. The summed E-state index contributed by atoms with van der Waals surface area (Å²) < 4.78 is 8.05. The van der Waals surface area contributed by atoms with Gasteiger partial charge in [-0.15, -0.1) is 0 Å². The second kappa shape index (κ2) is 10.1. The Morgan fingerprint density at radius 3 is 2.38 bits per heavy atom. The Bertz CT molecular complexity index is 1240. The molecule has 4 aromatic rings. The van der Waals surface area contributed by atoms with Crippen molar-refractivity contribution in [2.75, 3.05) is 19.7 Å². The number of aliphatic hydroxyl groups is 1. The van der Waals surface area contributed by atoms with E-state index in [9.17, 15) is 5.11 Å². The van der Waals surface area contributed by atoms with Crippen LogP contribution in [0.1, 0.15) is 24.0 Å². The number of rotatable bonds is 8. The number of hydrogen-bond donors (Lipinski definition) is 2. The zero-order valence-electron chi connectivity index (χ0n) is 20.1. The van der Waals surface area contributed by atoms with Crippen LogP contribution in [0.4, 0.5) is 0 Å². The van der Waals surface area contributed by atoms with E-state index in [0.717, 1.165) is 37.3 Å². The highest BCUT2D eigenvalue weighted by Gasteiger charge is 2.23. The van der Waals surface area contributed by atoms with E-state index in [2.05, 4.69) is 96.5 Å². The molecule has 3 aromatic carbocycles. The number of fused-ring (bicyclic) bond motifs is 1. The molecule has 0 aliphatic carbocycles. The smallest absolute Gasteiger partial charge is 0.0843 e. The van der Waals surface area contributed by atoms with Crippen molar-refractivity contribution in [2.24, 2.45) is 0 Å². The lowest BCUT2D eigenvalue weighted by atomic mass is 9.97. The minimum Gasteiger partial charge on any atom is -0.390 e. The fraction of sp³-hybridized carbons (Fsp3) is 0.333. The summed E-state index contributed by atoms with van der Waals surface area (Å²) in [6.45, 7) is 7.05. The monoisotopic (exact) mass is 454 g/mol. The molecule has 4 nitrogen and oxygen atoms in total. The van der Waals surface area contributed by atoms with Gasteiger partial charge in [-0.3, -0.25) is 0 Å². The summed E-state index contributed by atoms with van der Waals surface area (Å²) in [5.41, 5.74) is 8.42. The molecule has 34 heavy (non-hydrogen) atoms. The number of nitrogens with zero attached hydrogens (tertiary/aromatic N) is 1. The van der Waals surface area contributed by atoms with Gasteiger partial charge >= 0.3 is 0 Å². The lowest BCUT2D eigenvalue weighted by molar-refractivity contribution is 0.101. The molecule has 2 atom stereocenters. The lowest BCUT2D eigenvalue weighted by Gasteiger charge is -2.19. The molecular formula is C30H34N2O2. The van der Waals surface area contributed by atoms with Crippen LogP contribution in [0.2, 0.25) is 0 Å². The highest BCUT2D eigenvalue weighted by atomic mass is 16.5. The fourth-order valence-corrected chi connectivity index (χ4v) is 5.35. The third-order valence-electron chi connectivity index (χ3n) is 6.77. The summed E-state index contributed by atoms with van der Waals surface area (Å²) in [5, 5.41) is 15.8. The highest BCUT2D eigenvalue weighted by molar-refractivity contribution is 6.06. The quantitative estimate of drug-likeness (QED) is 0.358. The van der Waals surface area contributed by atoms with Crippen molar-refractivity contribution in [1.29, 1.82) is 0 Å². The second-order valence-electron chi connectivity index (χ2n) is 9.49. The van der Waals surface area contributed by atoms with Crippen molar-refractivity contribution in [1.82, 2.24) is 9.88 Å². The van der Waals surface area contributed by atoms with Gasteiger partial charge in [-0.1, -0.05) is 72.3 Å². The Hall–Kier alpha value is -2.92. The highest BCUT2D eigenvalue weighted by Crippen LogP contribution is 2.42. The molecule has 0 unspecified atom stereocenters. The number of hydrogen-bond acceptors (Lipinski definition) is 3. The first-order valence-electron chi connectivity index (χ1n) is 12.4. The molecule has 1 aliphatic heterocycles. The topological polar surface area (TPSA) is 46.4 Å². The number of benzene rings is 3. The number of ether oxygens (including phenoxy) is 1. The number of aliphatic hydroxyl groups excluding tert-OH is 1. The van der Waals surface area contributed by atoms with Crippen LogP contribution in [0.15, 0.2) is 72.8 Å². The summed E-state index contributed by atoms with van der Waals surface area (Å²) in [7, 11) is 0. The van der Waals surface area contributed by atoms with Crippen LogP contribution in [0.5, 0.6) is 0 Å². The average Bonchev–Trinajstić information content (AvgIpc) is 3.46. The van der Waals surface area contributed by atoms with E-state index < -0.39 is 6.10 Å². The van der Waals surface area contributed by atoms with Gasteiger partial charge in [-0.2, -0.15) is 0 Å². The molecule has 1 aromatic heterocycles. The van der Waals surface area contributed by atoms with E-state index in [1.807, 2.05) is 0 Å². The second-order valence-corrected chi connectivity index (χ2v) is 9.49. The maximum atomic E-state index is 11.1. The lowest BCUT2D eigenvalue weighted by Crippen LogP contribution is -2.35. The van der Waals surface area contributed by atoms with Crippen molar-refractivity contribution in [3.63, 3.8) is 0 Å². The van der Waals surface area contributed by atoms with Crippen LogP contribution in [-0.2, 0) is 11.3 Å². The zero-order valence-corrected chi connectivity index (χ0v) is 20.1. The third kappa shape index (κ3) is 4.67. The molecule has 0 amide bonds. The van der Waals surface area contributed by atoms with Crippen LogP contribution in [0.3, 0.4) is 0 Å². The molecule has 0 radical (unpaired) electrons. The number of aryl methyl sites for hydroxylation is 2. The van der Waals surface area contributed by atoms with Crippen LogP contribution in [-0.4, -0.2) is 41.6 Å². The Labute approximate surface area is 202 Å². The van der Waals surface area contributed by atoms with Gasteiger partial charge in [0.2, 0.25) is 0 Å². The number of aromatic nitrogens is 1. The average molecular weight is 455 g/mol. The van der Waals surface area contributed by atoms with E-state index >= 15 is 0 Å². The van der Waals surface area contributed by atoms with E-state index in [1.54, 1.807) is 0 Å². The molecule has 5 rings (SSSR count). The van der Waals surface area contributed by atoms with Crippen molar-refractivity contribution in [3.05, 3.63) is 83.9 Å².